The summed E-state index contributed by atoms with van der Waals surface area (Å²) in [7, 11) is 3.01. The number of imide groups is 1. The number of carbonyl (C=O) groups is 3. The minimum Gasteiger partial charge on any atom is -0.493 e. The predicted octanol–water partition coefficient (Wildman–Crippen LogP) is 2.61. The Morgan fingerprint density at radius 1 is 0.939 bits per heavy atom. The van der Waals surface area contributed by atoms with Gasteiger partial charge in [0.1, 0.15) is 6.04 Å². The average Bonchev–Trinajstić information content (AvgIpc) is 3.31. The monoisotopic (exact) mass is 445 g/mol. The SMILES string of the molecule is COc1ccc(C(=O)[C@@H]2[C@@H]3C(=O)N(c4ccc(C)cc4)C(=O)[C@H]3[C@H]3C=CC=NN32)cc1OC. The summed E-state index contributed by atoms with van der Waals surface area (Å²) in [5.41, 5.74) is 1.89. The lowest BCUT2D eigenvalue weighted by atomic mass is 9.86. The Morgan fingerprint density at radius 3 is 2.33 bits per heavy atom. The highest BCUT2D eigenvalue weighted by atomic mass is 16.5. The molecule has 0 N–H and O–H groups in total. The maximum absolute atomic E-state index is 13.7. The molecule has 33 heavy (non-hydrogen) atoms. The summed E-state index contributed by atoms with van der Waals surface area (Å²) < 4.78 is 10.6. The highest BCUT2D eigenvalue weighted by molar-refractivity contribution is 6.24. The predicted molar refractivity (Wildman–Crippen MR) is 122 cm³/mol. The van der Waals surface area contributed by atoms with Crippen LogP contribution in [0.3, 0.4) is 0 Å². The minimum atomic E-state index is -0.911. The van der Waals surface area contributed by atoms with Crippen LogP contribution in [0.25, 0.3) is 0 Å². The van der Waals surface area contributed by atoms with Crippen LogP contribution in [0.15, 0.2) is 59.7 Å². The van der Waals surface area contributed by atoms with Crippen molar-refractivity contribution < 1.29 is 23.9 Å². The number of nitrogens with zero attached hydrogens (tertiary/aromatic N) is 3. The Kier molecular flexibility index (Phi) is 5.00. The van der Waals surface area contributed by atoms with Crippen molar-refractivity contribution in [1.29, 1.82) is 0 Å². The molecule has 3 aliphatic rings. The summed E-state index contributed by atoms with van der Waals surface area (Å²) in [5.74, 6) is -1.63. The molecule has 2 saturated heterocycles. The molecule has 8 nitrogen and oxygen atoms in total. The van der Waals surface area contributed by atoms with E-state index in [9.17, 15) is 14.4 Å². The number of methoxy groups -OCH3 is 2. The van der Waals surface area contributed by atoms with Gasteiger partial charge in [0.25, 0.3) is 0 Å². The number of hydrogen-bond donors (Lipinski definition) is 0. The van der Waals surface area contributed by atoms with Crippen molar-refractivity contribution >= 4 is 29.5 Å². The van der Waals surface area contributed by atoms with Crippen molar-refractivity contribution in [3.05, 3.63) is 65.7 Å². The fourth-order valence-corrected chi connectivity index (χ4v) is 4.95. The minimum absolute atomic E-state index is 0.298. The van der Waals surface area contributed by atoms with Gasteiger partial charge < -0.3 is 9.47 Å². The Bertz CT molecular complexity index is 1200. The largest absolute Gasteiger partial charge is 0.493 e. The average molecular weight is 445 g/mol. The van der Waals surface area contributed by atoms with Crippen LogP contribution >= 0.6 is 0 Å². The molecule has 0 bridgehead atoms. The standard InChI is InChI=1S/C25H23N3O5/c1-14-6-9-16(10-7-14)27-24(30)20-17-5-4-12-26-28(17)22(21(20)25(27)31)23(29)15-8-11-18(32-2)19(13-15)33-3/h4-13,17,20-22H,1-3H3/t17-,20+,21-,22+/m1/s1. The van der Waals surface area contributed by atoms with Gasteiger partial charge in [0.05, 0.1) is 37.8 Å². The zero-order valence-electron chi connectivity index (χ0n) is 18.5. The first-order chi connectivity index (χ1) is 16.0. The molecule has 0 saturated carbocycles. The van der Waals surface area contributed by atoms with Crippen molar-refractivity contribution in [1.82, 2.24) is 5.01 Å². The number of hydrogen-bond acceptors (Lipinski definition) is 7. The highest BCUT2D eigenvalue weighted by Gasteiger charge is 2.64. The van der Waals surface area contributed by atoms with Crippen LogP contribution in [0.1, 0.15) is 15.9 Å². The van der Waals surface area contributed by atoms with Crippen LogP contribution in [0.5, 0.6) is 11.5 Å². The summed E-state index contributed by atoms with van der Waals surface area (Å²) in [5, 5.41) is 5.97. The summed E-state index contributed by atoms with van der Waals surface area (Å²) >= 11 is 0. The molecule has 2 aromatic rings. The first kappa shape index (κ1) is 20.9. The highest BCUT2D eigenvalue weighted by Crippen LogP contribution is 2.46. The Labute approximate surface area is 191 Å². The van der Waals surface area contributed by atoms with E-state index in [2.05, 4.69) is 5.10 Å². The van der Waals surface area contributed by atoms with E-state index in [0.29, 0.717) is 22.7 Å². The number of carbonyl (C=O) groups excluding carboxylic acids is 3. The second kappa shape index (κ2) is 7.88. The number of Topliss-reactive ketones (excluding diaryl/α,β-unsaturated/α-hetero) is 1. The zero-order chi connectivity index (χ0) is 23.3. The normalized spacial score (nSPS) is 25.3. The van der Waals surface area contributed by atoms with E-state index < -0.39 is 23.9 Å². The summed E-state index contributed by atoms with van der Waals surface area (Å²) in [4.78, 5) is 42.0. The maximum Gasteiger partial charge on any atom is 0.240 e. The molecule has 3 aliphatic heterocycles. The van der Waals surface area contributed by atoms with Gasteiger partial charge >= 0.3 is 0 Å². The van der Waals surface area contributed by atoms with Gasteiger partial charge in [0.2, 0.25) is 11.8 Å². The summed E-state index contributed by atoms with van der Waals surface area (Å²) in [6.07, 6.45) is 5.14. The lowest BCUT2D eigenvalue weighted by Gasteiger charge is -2.30. The molecule has 3 heterocycles. The number of rotatable bonds is 5. The van der Waals surface area contributed by atoms with Crippen LogP contribution in [0.4, 0.5) is 5.69 Å². The second-order valence-corrected chi connectivity index (χ2v) is 8.30. The van der Waals surface area contributed by atoms with Crippen molar-refractivity contribution in [2.75, 3.05) is 19.1 Å². The van der Waals surface area contributed by atoms with Gasteiger partial charge in [-0.05, 0) is 43.3 Å². The van der Waals surface area contributed by atoms with Crippen molar-refractivity contribution in [3.63, 3.8) is 0 Å². The van der Waals surface area contributed by atoms with Gasteiger partial charge in [0, 0.05) is 11.8 Å². The van der Waals surface area contributed by atoms with Crippen LogP contribution in [0, 0.1) is 18.8 Å². The Morgan fingerprint density at radius 2 is 1.64 bits per heavy atom. The third-order valence-corrected chi connectivity index (χ3v) is 6.52. The lowest BCUT2D eigenvalue weighted by molar-refractivity contribution is -0.123. The van der Waals surface area contributed by atoms with E-state index in [-0.39, 0.29) is 17.6 Å². The fourth-order valence-electron chi connectivity index (χ4n) is 4.95. The van der Waals surface area contributed by atoms with Gasteiger partial charge in [-0.1, -0.05) is 23.8 Å². The van der Waals surface area contributed by atoms with Crippen LogP contribution in [0.2, 0.25) is 0 Å². The molecule has 0 spiro atoms. The number of aryl methyl sites for hydroxylation is 1. The van der Waals surface area contributed by atoms with Crippen LogP contribution in [-0.4, -0.2) is 55.1 Å². The molecule has 5 rings (SSSR count). The van der Waals surface area contributed by atoms with Crippen molar-refractivity contribution in [2.45, 2.75) is 19.0 Å². The molecule has 2 fully saturated rings. The number of benzene rings is 2. The maximum atomic E-state index is 13.7. The van der Waals surface area contributed by atoms with E-state index in [1.54, 1.807) is 47.6 Å². The third kappa shape index (κ3) is 3.13. The number of ether oxygens (including phenoxy) is 2. The lowest BCUT2D eigenvalue weighted by Crippen LogP contribution is -2.46. The smallest absolute Gasteiger partial charge is 0.240 e. The quantitative estimate of drug-likeness (QED) is 0.519. The molecule has 0 aliphatic carbocycles. The number of ketones is 1. The van der Waals surface area contributed by atoms with E-state index in [0.717, 1.165) is 5.56 Å². The van der Waals surface area contributed by atoms with Crippen molar-refractivity contribution in [2.24, 2.45) is 16.9 Å². The molecule has 2 amide bonds. The molecule has 0 aromatic heterocycles. The number of allylic oxidation sites excluding steroid dienone is 1. The summed E-state index contributed by atoms with van der Waals surface area (Å²) in [6, 6.07) is 10.7. The van der Waals surface area contributed by atoms with Gasteiger partial charge in [-0.15, -0.1) is 0 Å². The van der Waals surface area contributed by atoms with Gasteiger partial charge in [0.15, 0.2) is 17.3 Å². The Hall–Kier alpha value is -3.94. The molecule has 4 atom stereocenters. The molecular weight excluding hydrogens is 422 g/mol. The van der Waals surface area contributed by atoms with Gasteiger partial charge in [-0.25, -0.2) is 4.90 Å². The van der Waals surface area contributed by atoms with Crippen LogP contribution in [-0.2, 0) is 9.59 Å². The van der Waals surface area contributed by atoms with Crippen molar-refractivity contribution in [3.8, 4) is 11.5 Å². The molecule has 8 heteroatoms. The van der Waals surface area contributed by atoms with E-state index in [4.69, 9.17) is 9.47 Å². The molecule has 0 unspecified atom stereocenters. The first-order valence-electron chi connectivity index (χ1n) is 10.7. The number of fused-ring (bicyclic) bond motifs is 3. The number of amides is 2. The first-order valence-corrected chi connectivity index (χ1v) is 10.7. The van der Waals surface area contributed by atoms with Crippen LogP contribution < -0.4 is 14.4 Å². The molecule has 2 aromatic carbocycles. The summed E-state index contributed by atoms with van der Waals surface area (Å²) in [6.45, 7) is 1.94. The second-order valence-electron chi connectivity index (χ2n) is 8.30. The molecule has 0 radical (unpaired) electrons. The number of anilines is 1. The number of hydrazone groups is 1. The van der Waals surface area contributed by atoms with E-state index >= 15 is 0 Å². The molecule has 168 valence electrons. The fraction of sp³-hybridized carbons (Fsp3) is 0.280. The topological polar surface area (TPSA) is 88.5 Å². The Balaban J connectivity index is 1.56. The zero-order valence-corrected chi connectivity index (χ0v) is 18.5. The molecular formula is C25H23N3O5. The van der Waals surface area contributed by atoms with E-state index in [1.807, 2.05) is 25.1 Å². The van der Waals surface area contributed by atoms with Gasteiger partial charge in [-0.3, -0.25) is 19.4 Å². The third-order valence-electron chi connectivity index (χ3n) is 6.52. The van der Waals surface area contributed by atoms with E-state index in [1.165, 1.54) is 19.1 Å². The van der Waals surface area contributed by atoms with Gasteiger partial charge in [-0.2, -0.15) is 5.10 Å².